The first-order valence-corrected chi connectivity index (χ1v) is 9.17. The average molecular weight is 378 g/mol. The zero-order valence-corrected chi connectivity index (χ0v) is 15.4. The molecular weight excluding hydrogens is 356 g/mol. The van der Waals surface area contributed by atoms with Gasteiger partial charge in [0.05, 0.1) is 35.7 Å². The van der Waals surface area contributed by atoms with Gasteiger partial charge in [0, 0.05) is 18.7 Å². The third-order valence-corrected chi connectivity index (χ3v) is 4.67. The second-order valence-corrected chi connectivity index (χ2v) is 6.66. The number of nitrogens with one attached hydrogen (secondary N) is 2. The fourth-order valence-corrected chi connectivity index (χ4v) is 3.12. The van der Waals surface area contributed by atoms with Gasteiger partial charge in [-0.15, -0.1) is 0 Å². The number of carbonyl (C=O) groups excluding carboxylic acids is 2. The van der Waals surface area contributed by atoms with Crippen LogP contribution in [0.2, 0.25) is 0 Å². The Balaban J connectivity index is 1.57. The van der Waals surface area contributed by atoms with Crippen LogP contribution in [0.4, 0.5) is 11.4 Å². The number of hydrogen-bond donors (Lipinski definition) is 3. The molecule has 3 rings (SSSR count). The third kappa shape index (κ3) is 4.87. The van der Waals surface area contributed by atoms with Crippen LogP contribution in [0.25, 0.3) is 0 Å². The van der Waals surface area contributed by atoms with Crippen LogP contribution in [0.5, 0.6) is 0 Å². The van der Waals surface area contributed by atoms with E-state index in [1.165, 1.54) is 0 Å². The van der Waals surface area contributed by atoms with Crippen LogP contribution in [0.1, 0.15) is 28.8 Å². The monoisotopic (exact) mass is 378 g/mol. The Kier molecular flexibility index (Phi) is 6.25. The SMILES string of the molecule is N#Cc1ccc(C(=O)NCC(=O)Nc2ccccc2N2CCC(O)CC2)cc1. The molecule has 0 unspecified atom stereocenters. The van der Waals surface area contributed by atoms with E-state index in [-0.39, 0.29) is 24.5 Å². The van der Waals surface area contributed by atoms with Gasteiger partial charge in [0.15, 0.2) is 0 Å². The molecule has 28 heavy (non-hydrogen) atoms. The number of anilines is 2. The van der Waals surface area contributed by atoms with E-state index in [0.29, 0.717) is 29.7 Å². The minimum absolute atomic E-state index is 0.161. The van der Waals surface area contributed by atoms with Crippen LogP contribution in [-0.4, -0.2) is 42.7 Å². The number of benzene rings is 2. The molecule has 0 saturated carbocycles. The molecule has 7 nitrogen and oxygen atoms in total. The number of amides is 2. The Morgan fingerprint density at radius 2 is 1.79 bits per heavy atom. The van der Waals surface area contributed by atoms with E-state index in [4.69, 9.17) is 5.26 Å². The quantitative estimate of drug-likeness (QED) is 0.737. The van der Waals surface area contributed by atoms with E-state index in [9.17, 15) is 14.7 Å². The topological polar surface area (TPSA) is 105 Å². The molecule has 1 heterocycles. The summed E-state index contributed by atoms with van der Waals surface area (Å²) < 4.78 is 0. The van der Waals surface area contributed by atoms with Crippen molar-refractivity contribution in [2.45, 2.75) is 18.9 Å². The van der Waals surface area contributed by atoms with Crippen LogP contribution < -0.4 is 15.5 Å². The van der Waals surface area contributed by atoms with Gasteiger partial charge in [0.25, 0.3) is 5.91 Å². The van der Waals surface area contributed by atoms with Crippen LogP contribution in [-0.2, 0) is 4.79 Å². The molecule has 0 aromatic heterocycles. The van der Waals surface area contributed by atoms with Gasteiger partial charge in [0.2, 0.25) is 5.91 Å². The number of hydrogen-bond acceptors (Lipinski definition) is 5. The summed E-state index contributed by atoms with van der Waals surface area (Å²) in [6.45, 7) is 1.29. The normalized spacial score (nSPS) is 14.2. The predicted octanol–water partition coefficient (Wildman–Crippen LogP) is 1.89. The number of aliphatic hydroxyl groups excluding tert-OH is 1. The van der Waals surface area contributed by atoms with Crippen molar-refractivity contribution in [2.24, 2.45) is 0 Å². The van der Waals surface area contributed by atoms with E-state index in [0.717, 1.165) is 18.8 Å². The fourth-order valence-electron chi connectivity index (χ4n) is 3.12. The molecule has 0 spiro atoms. The zero-order valence-electron chi connectivity index (χ0n) is 15.4. The molecule has 2 amide bonds. The molecule has 0 aliphatic carbocycles. The number of nitriles is 1. The van der Waals surface area contributed by atoms with Gasteiger partial charge in [-0.05, 0) is 49.2 Å². The first kappa shape index (κ1) is 19.4. The van der Waals surface area contributed by atoms with Gasteiger partial charge in [0.1, 0.15) is 0 Å². The van der Waals surface area contributed by atoms with Crippen molar-refractivity contribution in [3.05, 3.63) is 59.7 Å². The number of nitrogens with zero attached hydrogens (tertiary/aromatic N) is 2. The summed E-state index contributed by atoms with van der Waals surface area (Å²) in [6.07, 6.45) is 1.13. The van der Waals surface area contributed by atoms with E-state index in [1.807, 2.05) is 30.3 Å². The number of para-hydroxylation sites is 2. The van der Waals surface area contributed by atoms with Crippen molar-refractivity contribution in [1.82, 2.24) is 5.32 Å². The summed E-state index contributed by atoms with van der Waals surface area (Å²) in [5, 5.41) is 23.9. The van der Waals surface area contributed by atoms with Crippen LogP contribution >= 0.6 is 0 Å². The maximum Gasteiger partial charge on any atom is 0.251 e. The van der Waals surface area contributed by atoms with Gasteiger partial charge in [-0.1, -0.05) is 12.1 Å². The maximum absolute atomic E-state index is 12.3. The molecule has 0 radical (unpaired) electrons. The molecule has 1 aliphatic heterocycles. The van der Waals surface area contributed by atoms with Crippen molar-refractivity contribution in [3.8, 4) is 6.07 Å². The number of piperidine rings is 1. The van der Waals surface area contributed by atoms with Crippen LogP contribution in [0.15, 0.2) is 48.5 Å². The molecule has 1 aliphatic rings. The van der Waals surface area contributed by atoms with E-state index >= 15 is 0 Å². The highest BCUT2D eigenvalue weighted by molar-refractivity contribution is 6.00. The highest BCUT2D eigenvalue weighted by Gasteiger charge is 2.20. The summed E-state index contributed by atoms with van der Waals surface area (Å²) in [5.74, 6) is -0.704. The summed E-state index contributed by atoms with van der Waals surface area (Å²) in [7, 11) is 0. The second kappa shape index (κ2) is 9.02. The Hall–Kier alpha value is -3.37. The lowest BCUT2D eigenvalue weighted by Crippen LogP contribution is -2.37. The second-order valence-electron chi connectivity index (χ2n) is 6.66. The standard InChI is InChI=1S/C21H22N4O3/c22-13-15-5-7-16(8-6-15)21(28)23-14-20(27)24-18-3-1-2-4-19(18)25-11-9-17(26)10-12-25/h1-8,17,26H,9-12,14H2,(H,23,28)(H,24,27). The molecule has 3 N–H and O–H groups in total. The smallest absolute Gasteiger partial charge is 0.251 e. The lowest BCUT2D eigenvalue weighted by Gasteiger charge is -2.32. The third-order valence-electron chi connectivity index (χ3n) is 4.67. The molecule has 1 saturated heterocycles. The van der Waals surface area contributed by atoms with E-state index in [2.05, 4.69) is 15.5 Å². The molecular formula is C21H22N4O3. The molecule has 1 fully saturated rings. The van der Waals surface area contributed by atoms with Crippen molar-refractivity contribution >= 4 is 23.2 Å². The maximum atomic E-state index is 12.3. The summed E-state index contributed by atoms with van der Waals surface area (Å²) in [6, 6.07) is 15.7. The first-order valence-electron chi connectivity index (χ1n) is 9.17. The van der Waals surface area contributed by atoms with Gasteiger partial charge >= 0.3 is 0 Å². The van der Waals surface area contributed by atoms with Crippen molar-refractivity contribution in [1.29, 1.82) is 5.26 Å². The fraction of sp³-hybridized carbons (Fsp3) is 0.286. The molecule has 7 heteroatoms. The van der Waals surface area contributed by atoms with Crippen molar-refractivity contribution < 1.29 is 14.7 Å². The molecule has 0 atom stereocenters. The van der Waals surface area contributed by atoms with Gasteiger partial charge < -0.3 is 20.6 Å². The average Bonchev–Trinajstić information content (AvgIpc) is 2.73. The van der Waals surface area contributed by atoms with E-state index < -0.39 is 0 Å². The number of aliphatic hydroxyl groups is 1. The largest absolute Gasteiger partial charge is 0.393 e. The number of rotatable bonds is 5. The summed E-state index contributed by atoms with van der Waals surface area (Å²) >= 11 is 0. The van der Waals surface area contributed by atoms with Gasteiger partial charge in [-0.2, -0.15) is 5.26 Å². The first-order chi connectivity index (χ1) is 13.6. The lowest BCUT2D eigenvalue weighted by molar-refractivity contribution is -0.115. The minimum Gasteiger partial charge on any atom is -0.393 e. The number of carbonyl (C=O) groups is 2. The molecule has 2 aromatic rings. The van der Waals surface area contributed by atoms with Gasteiger partial charge in [-0.3, -0.25) is 9.59 Å². The highest BCUT2D eigenvalue weighted by Crippen LogP contribution is 2.28. The van der Waals surface area contributed by atoms with Gasteiger partial charge in [-0.25, -0.2) is 0 Å². The Morgan fingerprint density at radius 1 is 1.11 bits per heavy atom. The molecule has 2 aromatic carbocycles. The molecule has 144 valence electrons. The Bertz CT molecular complexity index is 881. The highest BCUT2D eigenvalue weighted by atomic mass is 16.3. The van der Waals surface area contributed by atoms with Crippen molar-refractivity contribution in [2.75, 3.05) is 29.9 Å². The summed E-state index contributed by atoms with van der Waals surface area (Å²) in [4.78, 5) is 26.6. The Labute approximate surface area is 163 Å². The molecule has 0 bridgehead atoms. The van der Waals surface area contributed by atoms with Crippen LogP contribution in [0, 0.1) is 11.3 Å². The van der Waals surface area contributed by atoms with E-state index in [1.54, 1.807) is 24.3 Å². The lowest BCUT2D eigenvalue weighted by atomic mass is 10.1. The summed E-state index contributed by atoms with van der Waals surface area (Å²) in [5.41, 5.74) is 2.44. The minimum atomic E-state index is -0.377. The predicted molar refractivity (Wildman–Crippen MR) is 106 cm³/mol. The Morgan fingerprint density at radius 3 is 2.46 bits per heavy atom. The van der Waals surface area contributed by atoms with Crippen molar-refractivity contribution in [3.63, 3.8) is 0 Å². The van der Waals surface area contributed by atoms with Crippen LogP contribution in [0.3, 0.4) is 0 Å². The zero-order chi connectivity index (χ0) is 19.9.